The van der Waals surface area contributed by atoms with E-state index in [1.807, 2.05) is 91.0 Å². The summed E-state index contributed by atoms with van der Waals surface area (Å²) in [4.78, 5) is 14.7. The van der Waals surface area contributed by atoms with Gasteiger partial charge in [0, 0.05) is 33.2 Å². The van der Waals surface area contributed by atoms with E-state index >= 15 is 0 Å². The van der Waals surface area contributed by atoms with Gasteiger partial charge in [0.1, 0.15) is 0 Å². The number of aromatic nitrogens is 4. The molecule has 0 aliphatic carbocycles. The lowest BCUT2D eigenvalue weighted by molar-refractivity contribution is 1.07. The third-order valence-corrected chi connectivity index (χ3v) is 7.01. The van der Waals surface area contributed by atoms with Crippen LogP contribution in [-0.2, 0) is 0 Å². The number of para-hydroxylation sites is 2. The van der Waals surface area contributed by atoms with E-state index in [4.69, 9.17) is 26.6 Å². The number of hydrogen-bond donors (Lipinski definition) is 0. The minimum atomic E-state index is 0.627. The SMILES string of the molecule is Clc1cccc2c3cc(-c4nc(-c5ccccc5)nc(-c5ccccc5)n4)ccc3n(-c3ccccc3)c12. The second-order valence-corrected chi connectivity index (χ2v) is 9.48. The van der Waals surface area contributed by atoms with Crippen LogP contribution in [0.1, 0.15) is 0 Å². The molecule has 0 aliphatic heterocycles. The number of halogens is 1. The van der Waals surface area contributed by atoms with Crippen LogP contribution in [0.5, 0.6) is 0 Å². The molecule has 0 radical (unpaired) electrons. The molecule has 0 unspecified atom stereocenters. The highest BCUT2D eigenvalue weighted by molar-refractivity contribution is 6.36. The molecule has 38 heavy (non-hydrogen) atoms. The molecular formula is C33H21ClN4. The maximum absolute atomic E-state index is 6.76. The number of fused-ring (bicyclic) bond motifs is 3. The monoisotopic (exact) mass is 508 g/mol. The smallest absolute Gasteiger partial charge is 0.164 e. The summed E-state index contributed by atoms with van der Waals surface area (Å²) < 4.78 is 2.22. The molecule has 0 bridgehead atoms. The Kier molecular flexibility index (Phi) is 5.46. The van der Waals surface area contributed by atoms with Gasteiger partial charge in [-0.1, -0.05) is 103 Å². The predicted octanol–water partition coefficient (Wildman–Crippen LogP) is 8.62. The lowest BCUT2D eigenvalue weighted by Crippen LogP contribution is -2.00. The van der Waals surface area contributed by atoms with Gasteiger partial charge >= 0.3 is 0 Å². The maximum atomic E-state index is 6.76. The Labute approximate surface area is 224 Å². The average molecular weight is 509 g/mol. The molecule has 0 aliphatic rings. The molecule has 0 saturated carbocycles. The summed E-state index contributed by atoms with van der Waals surface area (Å²) in [7, 11) is 0. The molecule has 0 saturated heterocycles. The Morgan fingerprint density at radius 1 is 0.474 bits per heavy atom. The first-order valence-corrected chi connectivity index (χ1v) is 12.8. The molecule has 180 valence electrons. The van der Waals surface area contributed by atoms with Gasteiger partial charge in [0.15, 0.2) is 17.5 Å². The second-order valence-electron chi connectivity index (χ2n) is 9.08. The summed E-state index contributed by atoms with van der Waals surface area (Å²) in [5.74, 6) is 1.91. The van der Waals surface area contributed by atoms with E-state index in [0.717, 1.165) is 44.2 Å². The van der Waals surface area contributed by atoms with Crippen LogP contribution in [0.2, 0.25) is 5.02 Å². The molecule has 2 aromatic heterocycles. The molecule has 0 spiro atoms. The largest absolute Gasteiger partial charge is 0.308 e. The Balaban J connectivity index is 1.48. The topological polar surface area (TPSA) is 43.6 Å². The molecule has 0 amide bonds. The molecule has 7 rings (SSSR count). The first-order chi connectivity index (χ1) is 18.8. The van der Waals surface area contributed by atoms with Gasteiger partial charge in [-0.15, -0.1) is 0 Å². The minimum absolute atomic E-state index is 0.627. The number of nitrogens with zero attached hydrogens (tertiary/aromatic N) is 4. The zero-order chi connectivity index (χ0) is 25.5. The van der Waals surface area contributed by atoms with Crippen molar-refractivity contribution in [2.45, 2.75) is 0 Å². The van der Waals surface area contributed by atoms with Crippen molar-refractivity contribution in [3.05, 3.63) is 132 Å². The van der Waals surface area contributed by atoms with Crippen LogP contribution < -0.4 is 0 Å². The van der Waals surface area contributed by atoms with Crippen LogP contribution in [-0.4, -0.2) is 19.5 Å². The van der Waals surface area contributed by atoms with Gasteiger partial charge in [0.2, 0.25) is 0 Å². The van der Waals surface area contributed by atoms with Gasteiger partial charge < -0.3 is 4.57 Å². The summed E-state index contributed by atoms with van der Waals surface area (Å²) in [6.07, 6.45) is 0. The molecule has 5 heteroatoms. The molecule has 0 fully saturated rings. The van der Waals surface area contributed by atoms with Crippen molar-refractivity contribution in [1.29, 1.82) is 0 Å². The number of hydrogen-bond acceptors (Lipinski definition) is 3. The molecule has 7 aromatic rings. The highest BCUT2D eigenvalue weighted by Crippen LogP contribution is 2.37. The van der Waals surface area contributed by atoms with Gasteiger partial charge in [0.05, 0.1) is 16.1 Å². The Morgan fingerprint density at radius 3 is 1.63 bits per heavy atom. The third kappa shape index (κ3) is 3.83. The van der Waals surface area contributed by atoms with Gasteiger partial charge in [0.25, 0.3) is 0 Å². The van der Waals surface area contributed by atoms with Gasteiger partial charge in [-0.05, 0) is 36.4 Å². The van der Waals surface area contributed by atoms with Crippen molar-refractivity contribution in [3.63, 3.8) is 0 Å². The summed E-state index contributed by atoms with van der Waals surface area (Å²) in [6, 6.07) is 42.8. The number of rotatable bonds is 4. The fourth-order valence-corrected chi connectivity index (χ4v) is 5.21. The zero-order valence-electron chi connectivity index (χ0n) is 20.3. The van der Waals surface area contributed by atoms with E-state index in [2.05, 4.69) is 41.0 Å². The molecule has 5 aromatic carbocycles. The van der Waals surface area contributed by atoms with Crippen molar-refractivity contribution in [1.82, 2.24) is 19.5 Å². The lowest BCUT2D eigenvalue weighted by Gasteiger charge is -2.10. The third-order valence-electron chi connectivity index (χ3n) is 6.71. The first-order valence-electron chi connectivity index (χ1n) is 12.4. The first kappa shape index (κ1) is 22.4. The van der Waals surface area contributed by atoms with E-state index in [9.17, 15) is 0 Å². The molecule has 2 heterocycles. The Hall–Kier alpha value is -4.80. The van der Waals surface area contributed by atoms with E-state index in [1.54, 1.807) is 0 Å². The van der Waals surface area contributed by atoms with Crippen molar-refractivity contribution >= 4 is 33.4 Å². The van der Waals surface area contributed by atoms with Gasteiger partial charge in [-0.25, -0.2) is 15.0 Å². The van der Waals surface area contributed by atoms with E-state index in [1.165, 1.54) is 0 Å². The zero-order valence-corrected chi connectivity index (χ0v) is 21.0. The van der Waals surface area contributed by atoms with Crippen molar-refractivity contribution in [3.8, 4) is 39.9 Å². The van der Waals surface area contributed by atoms with Crippen LogP contribution in [0.3, 0.4) is 0 Å². The van der Waals surface area contributed by atoms with Gasteiger partial charge in [-0.2, -0.15) is 0 Å². The summed E-state index contributed by atoms with van der Waals surface area (Å²) in [5.41, 5.74) is 5.93. The normalized spacial score (nSPS) is 11.3. The maximum Gasteiger partial charge on any atom is 0.164 e. The molecular weight excluding hydrogens is 488 g/mol. The highest BCUT2D eigenvalue weighted by Gasteiger charge is 2.17. The van der Waals surface area contributed by atoms with Gasteiger partial charge in [-0.3, -0.25) is 0 Å². The van der Waals surface area contributed by atoms with E-state index in [-0.39, 0.29) is 0 Å². The van der Waals surface area contributed by atoms with E-state index in [0.29, 0.717) is 22.5 Å². The predicted molar refractivity (Wildman–Crippen MR) is 155 cm³/mol. The van der Waals surface area contributed by atoms with Crippen molar-refractivity contribution in [2.75, 3.05) is 0 Å². The lowest BCUT2D eigenvalue weighted by atomic mass is 10.1. The van der Waals surface area contributed by atoms with Crippen LogP contribution in [0.15, 0.2) is 127 Å². The fourth-order valence-electron chi connectivity index (χ4n) is 4.95. The summed E-state index contributed by atoms with van der Waals surface area (Å²) >= 11 is 6.76. The Morgan fingerprint density at radius 2 is 1.03 bits per heavy atom. The van der Waals surface area contributed by atoms with Crippen LogP contribution in [0, 0.1) is 0 Å². The standard InChI is InChI=1S/C33H21ClN4/c34-28-18-10-17-26-27-21-24(19-20-29(27)38(30(26)28)25-15-8-3-9-16-25)33-36-31(22-11-4-1-5-12-22)35-32(37-33)23-13-6-2-7-14-23/h1-21H. The molecule has 0 atom stereocenters. The van der Waals surface area contributed by atoms with Crippen LogP contribution in [0.4, 0.5) is 0 Å². The fraction of sp³-hybridized carbons (Fsp3) is 0. The summed E-state index contributed by atoms with van der Waals surface area (Å²) in [6.45, 7) is 0. The minimum Gasteiger partial charge on any atom is -0.308 e. The number of benzene rings is 5. The van der Waals surface area contributed by atoms with Crippen LogP contribution >= 0.6 is 11.6 Å². The van der Waals surface area contributed by atoms with Crippen molar-refractivity contribution < 1.29 is 0 Å². The highest BCUT2D eigenvalue weighted by atomic mass is 35.5. The molecule has 4 nitrogen and oxygen atoms in total. The van der Waals surface area contributed by atoms with E-state index < -0.39 is 0 Å². The quantitative estimate of drug-likeness (QED) is 0.239. The average Bonchev–Trinajstić information content (AvgIpc) is 3.33. The Bertz CT molecular complexity index is 1860. The molecule has 0 N–H and O–H groups in total. The van der Waals surface area contributed by atoms with Crippen LogP contribution in [0.25, 0.3) is 61.7 Å². The summed E-state index contributed by atoms with van der Waals surface area (Å²) in [5, 5.41) is 2.88. The second kappa shape index (κ2) is 9.25. The van der Waals surface area contributed by atoms with Crippen molar-refractivity contribution in [2.24, 2.45) is 0 Å².